The molecule has 0 aromatic heterocycles. The van der Waals surface area contributed by atoms with E-state index in [1.807, 2.05) is 30.3 Å². The van der Waals surface area contributed by atoms with Gasteiger partial charge in [-0.25, -0.2) is 0 Å². The maximum atomic E-state index is 13.5. The van der Waals surface area contributed by atoms with Crippen LogP contribution in [0.4, 0.5) is 0 Å². The van der Waals surface area contributed by atoms with Crippen LogP contribution in [-0.4, -0.2) is 37.7 Å². The Kier molecular flexibility index (Phi) is 6.63. The van der Waals surface area contributed by atoms with Crippen LogP contribution >= 0.6 is 0 Å². The van der Waals surface area contributed by atoms with Crippen LogP contribution in [0.3, 0.4) is 0 Å². The van der Waals surface area contributed by atoms with Gasteiger partial charge in [-0.1, -0.05) is 36.4 Å². The molecule has 4 rings (SSSR count). The Morgan fingerprint density at radius 3 is 2.35 bits per heavy atom. The van der Waals surface area contributed by atoms with Crippen molar-refractivity contribution in [3.63, 3.8) is 0 Å². The van der Waals surface area contributed by atoms with Gasteiger partial charge in [0.15, 0.2) is 17.3 Å². The number of ketones is 1. The lowest BCUT2D eigenvalue weighted by molar-refractivity contribution is -0.143. The number of Topliss-reactive ketones (excluding diaryl/α,β-unsaturated/α-hetero) is 1. The Balaban J connectivity index is 1.82. The molecule has 0 fully saturated rings. The topological polar surface area (TPSA) is 91.3 Å². The van der Waals surface area contributed by atoms with Gasteiger partial charge in [-0.05, 0) is 42.5 Å². The second-order valence-corrected chi connectivity index (χ2v) is 8.54. The Hall–Kier alpha value is -3.74. The van der Waals surface area contributed by atoms with Crippen molar-refractivity contribution in [2.24, 2.45) is 10.9 Å². The predicted octanol–water partition coefficient (Wildman–Crippen LogP) is 4.37. The summed E-state index contributed by atoms with van der Waals surface area (Å²) in [6, 6.07) is 15.0. The SMILES string of the molecule is COC(=O)C1C(C)=NC2=C(C(=O)C[C@H](c3ccccc3)C2)[C@@H]1c1ccc(OC(C)=O)c(OC)c1. The first kappa shape index (κ1) is 23.4. The molecule has 1 aliphatic carbocycles. The molecule has 0 bridgehead atoms. The molecule has 3 atom stereocenters. The van der Waals surface area contributed by atoms with E-state index < -0.39 is 23.8 Å². The van der Waals surface area contributed by atoms with Crippen LogP contribution in [0, 0.1) is 5.92 Å². The first-order valence-electron chi connectivity index (χ1n) is 11.1. The number of hydrogen-bond acceptors (Lipinski definition) is 7. The third kappa shape index (κ3) is 4.38. The molecule has 176 valence electrons. The van der Waals surface area contributed by atoms with Crippen molar-refractivity contribution < 1.29 is 28.6 Å². The third-order valence-electron chi connectivity index (χ3n) is 6.42. The number of rotatable bonds is 5. The minimum atomic E-state index is -0.745. The fraction of sp³-hybridized carbons (Fsp3) is 0.333. The lowest BCUT2D eigenvalue weighted by Crippen LogP contribution is -2.37. The van der Waals surface area contributed by atoms with Gasteiger partial charge in [0.05, 0.1) is 14.2 Å². The van der Waals surface area contributed by atoms with E-state index in [0.29, 0.717) is 41.1 Å². The van der Waals surface area contributed by atoms with Gasteiger partial charge >= 0.3 is 11.9 Å². The van der Waals surface area contributed by atoms with Crippen LogP contribution in [0.15, 0.2) is 64.8 Å². The average molecular weight is 462 g/mol. The first-order chi connectivity index (χ1) is 16.3. The zero-order valence-corrected chi connectivity index (χ0v) is 19.7. The zero-order valence-electron chi connectivity index (χ0n) is 19.7. The third-order valence-corrected chi connectivity index (χ3v) is 6.42. The summed E-state index contributed by atoms with van der Waals surface area (Å²) in [5.74, 6) is -1.66. The molecule has 2 aromatic carbocycles. The Labute approximate surface area is 198 Å². The summed E-state index contributed by atoms with van der Waals surface area (Å²) in [4.78, 5) is 42.6. The Morgan fingerprint density at radius 1 is 0.971 bits per heavy atom. The molecule has 0 amide bonds. The van der Waals surface area contributed by atoms with Crippen molar-refractivity contribution >= 4 is 23.4 Å². The highest BCUT2D eigenvalue weighted by molar-refractivity contribution is 6.09. The van der Waals surface area contributed by atoms with E-state index in [2.05, 4.69) is 0 Å². The van der Waals surface area contributed by atoms with Crippen molar-refractivity contribution in [3.05, 3.63) is 70.9 Å². The first-order valence-corrected chi connectivity index (χ1v) is 11.1. The van der Waals surface area contributed by atoms with Crippen LogP contribution in [0.25, 0.3) is 0 Å². The number of aliphatic imine (C=N–C) groups is 1. The van der Waals surface area contributed by atoms with E-state index in [1.54, 1.807) is 25.1 Å². The molecule has 1 unspecified atom stereocenters. The molecule has 1 heterocycles. The van der Waals surface area contributed by atoms with Gasteiger partial charge in [0.1, 0.15) is 5.92 Å². The molecule has 0 saturated heterocycles. The standard InChI is InChI=1S/C27H27NO6/c1-15-24(27(31)33-4)25(18-10-11-22(34-16(2)29)23(14-18)32-3)26-20(28-15)12-19(13-21(26)30)17-8-6-5-7-9-17/h5-11,14,19,24-25H,12-13H2,1-4H3/t19-,24?,25-/m1/s1. The summed E-state index contributed by atoms with van der Waals surface area (Å²) in [6.07, 6.45) is 0.944. The highest BCUT2D eigenvalue weighted by atomic mass is 16.6. The van der Waals surface area contributed by atoms with Crippen LogP contribution in [0.5, 0.6) is 11.5 Å². The predicted molar refractivity (Wildman–Crippen MR) is 126 cm³/mol. The smallest absolute Gasteiger partial charge is 0.315 e. The fourth-order valence-electron chi connectivity index (χ4n) is 4.93. The van der Waals surface area contributed by atoms with Crippen molar-refractivity contribution in [2.75, 3.05) is 14.2 Å². The van der Waals surface area contributed by atoms with Crippen molar-refractivity contribution in [2.45, 2.75) is 38.5 Å². The van der Waals surface area contributed by atoms with Gasteiger partial charge in [0, 0.05) is 36.2 Å². The van der Waals surface area contributed by atoms with Crippen molar-refractivity contribution in [1.82, 2.24) is 0 Å². The molecule has 0 spiro atoms. The highest BCUT2D eigenvalue weighted by Gasteiger charge is 2.44. The molecule has 1 aliphatic heterocycles. The van der Waals surface area contributed by atoms with E-state index in [1.165, 1.54) is 21.1 Å². The van der Waals surface area contributed by atoms with Crippen LogP contribution < -0.4 is 9.47 Å². The van der Waals surface area contributed by atoms with Gasteiger partial charge in [-0.3, -0.25) is 19.4 Å². The van der Waals surface area contributed by atoms with Crippen LogP contribution in [0.1, 0.15) is 49.7 Å². The van der Waals surface area contributed by atoms with Gasteiger partial charge in [0.2, 0.25) is 0 Å². The molecule has 7 nitrogen and oxygen atoms in total. The van der Waals surface area contributed by atoms with E-state index in [0.717, 1.165) is 5.56 Å². The van der Waals surface area contributed by atoms with E-state index in [4.69, 9.17) is 19.2 Å². The average Bonchev–Trinajstić information content (AvgIpc) is 2.83. The van der Waals surface area contributed by atoms with Gasteiger partial charge < -0.3 is 14.2 Å². The lowest BCUT2D eigenvalue weighted by atomic mass is 9.69. The molecule has 2 aromatic rings. The second kappa shape index (κ2) is 9.63. The number of methoxy groups -OCH3 is 2. The molecule has 34 heavy (non-hydrogen) atoms. The molecule has 0 saturated carbocycles. The summed E-state index contributed by atoms with van der Waals surface area (Å²) in [7, 11) is 2.80. The molecule has 0 radical (unpaired) electrons. The molecule has 7 heteroatoms. The number of hydrogen-bond donors (Lipinski definition) is 0. The Morgan fingerprint density at radius 2 is 1.71 bits per heavy atom. The molecular formula is C27H27NO6. The molecule has 0 N–H and O–H groups in total. The van der Waals surface area contributed by atoms with E-state index in [9.17, 15) is 14.4 Å². The summed E-state index contributed by atoms with van der Waals surface area (Å²) in [5, 5.41) is 0. The van der Waals surface area contributed by atoms with Crippen LogP contribution in [-0.2, 0) is 19.1 Å². The monoisotopic (exact) mass is 461 g/mol. The number of carbonyl (C=O) groups is 3. The number of ether oxygens (including phenoxy) is 3. The van der Waals surface area contributed by atoms with Crippen LogP contribution in [0.2, 0.25) is 0 Å². The minimum Gasteiger partial charge on any atom is -0.493 e. The minimum absolute atomic E-state index is 0.0280. The second-order valence-electron chi connectivity index (χ2n) is 8.54. The summed E-state index contributed by atoms with van der Waals surface area (Å²) >= 11 is 0. The van der Waals surface area contributed by atoms with E-state index >= 15 is 0 Å². The number of esters is 2. The normalized spacial score (nSPS) is 21.9. The van der Waals surface area contributed by atoms with E-state index in [-0.39, 0.29) is 17.5 Å². The highest BCUT2D eigenvalue weighted by Crippen LogP contribution is 2.47. The summed E-state index contributed by atoms with van der Waals surface area (Å²) < 4.78 is 15.8. The molecular weight excluding hydrogens is 434 g/mol. The maximum Gasteiger partial charge on any atom is 0.315 e. The number of carbonyl (C=O) groups excluding carboxylic acids is 3. The number of benzene rings is 2. The lowest BCUT2D eigenvalue weighted by Gasteiger charge is -2.36. The van der Waals surface area contributed by atoms with Crippen molar-refractivity contribution in [3.8, 4) is 11.5 Å². The zero-order chi connectivity index (χ0) is 24.4. The van der Waals surface area contributed by atoms with Gasteiger partial charge in [0.25, 0.3) is 0 Å². The summed E-state index contributed by atoms with van der Waals surface area (Å²) in [6.45, 7) is 3.10. The maximum absolute atomic E-state index is 13.5. The molecule has 2 aliphatic rings. The summed E-state index contributed by atoms with van der Waals surface area (Å²) in [5.41, 5.74) is 3.62. The Bertz CT molecular complexity index is 1200. The fourth-order valence-corrected chi connectivity index (χ4v) is 4.93. The quantitative estimate of drug-likeness (QED) is 0.485. The number of nitrogens with zero attached hydrogens (tertiary/aromatic N) is 1. The number of allylic oxidation sites excluding steroid dienone is 2. The van der Waals surface area contributed by atoms with Gasteiger partial charge in [-0.15, -0.1) is 0 Å². The van der Waals surface area contributed by atoms with Crippen molar-refractivity contribution in [1.29, 1.82) is 0 Å². The van der Waals surface area contributed by atoms with Gasteiger partial charge in [-0.2, -0.15) is 0 Å². The largest absolute Gasteiger partial charge is 0.493 e.